The molecular weight excluding hydrogens is 500 g/mol. The van der Waals surface area contributed by atoms with E-state index in [1.807, 2.05) is 0 Å². The van der Waals surface area contributed by atoms with Crippen molar-refractivity contribution in [2.24, 2.45) is 0 Å². The Hall–Kier alpha value is -1.64. The summed E-state index contributed by atoms with van der Waals surface area (Å²) in [5.74, 6) is -0.985. The monoisotopic (exact) mass is 546 g/mol. The molecular formula is C26H46N2O10. The lowest BCUT2D eigenvalue weighted by Crippen LogP contribution is -2.46. The SMILES string of the molecule is C=C(C)C(=O)OCCC(=O)OCC1COCCOCCN2CCOCCOCCN1CCOCCOCC2. The van der Waals surface area contributed by atoms with Gasteiger partial charge in [-0.2, -0.15) is 0 Å². The Labute approximate surface area is 226 Å². The number of fused-ring (bicyclic) bond motifs is 21. The molecule has 1 unspecified atom stereocenters. The molecule has 38 heavy (non-hydrogen) atoms. The molecule has 220 valence electrons. The number of carbonyl (C=O) groups excluding carboxylic acids is 2. The van der Waals surface area contributed by atoms with Crippen LogP contribution >= 0.6 is 0 Å². The molecule has 0 spiro atoms. The normalized spacial score (nSPS) is 26.1. The van der Waals surface area contributed by atoms with E-state index in [1.54, 1.807) is 6.92 Å². The van der Waals surface area contributed by atoms with Crippen LogP contribution in [-0.2, 0) is 47.5 Å². The van der Waals surface area contributed by atoms with E-state index in [9.17, 15) is 9.59 Å². The molecule has 0 aromatic carbocycles. The van der Waals surface area contributed by atoms with Crippen LogP contribution in [0.2, 0.25) is 0 Å². The number of ether oxygens (including phenoxy) is 8. The van der Waals surface area contributed by atoms with Gasteiger partial charge < -0.3 is 37.9 Å². The van der Waals surface area contributed by atoms with Crippen LogP contribution in [0.25, 0.3) is 0 Å². The third-order valence-corrected chi connectivity index (χ3v) is 5.97. The maximum absolute atomic E-state index is 12.3. The molecule has 3 aliphatic rings. The highest BCUT2D eigenvalue weighted by atomic mass is 16.6. The third kappa shape index (κ3) is 15.7. The maximum atomic E-state index is 12.3. The van der Waals surface area contributed by atoms with Gasteiger partial charge in [0.1, 0.15) is 13.2 Å². The van der Waals surface area contributed by atoms with Gasteiger partial charge in [-0.25, -0.2) is 4.79 Å². The molecule has 0 amide bonds. The van der Waals surface area contributed by atoms with Crippen LogP contribution in [0.5, 0.6) is 0 Å². The zero-order chi connectivity index (χ0) is 27.3. The van der Waals surface area contributed by atoms with Crippen LogP contribution in [0.1, 0.15) is 13.3 Å². The molecule has 0 aromatic rings. The van der Waals surface area contributed by atoms with E-state index in [-0.39, 0.29) is 31.2 Å². The van der Waals surface area contributed by atoms with E-state index in [0.717, 1.165) is 19.6 Å². The second-order valence-electron chi connectivity index (χ2n) is 9.02. The van der Waals surface area contributed by atoms with Crippen LogP contribution in [-0.4, -0.2) is 153 Å². The molecule has 0 N–H and O–H groups in total. The lowest BCUT2D eigenvalue weighted by molar-refractivity contribution is -0.149. The van der Waals surface area contributed by atoms with Gasteiger partial charge in [-0.05, 0) is 6.92 Å². The van der Waals surface area contributed by atoms with Gasteiger partial charge in [-0.3, -0.25) is 14.6 Å². The van der Waals surface area contributed by atoms with Crippen molar-refractivity contribution in [1.29, 1.82) is 0 Å². The van der Waals surface area contributed by atoms with E-state index < -0.39 is 11.9 Å². The van der Waals surface area contributed by atoms with Gasteiger partial charge in [0, 0.05) is 38.3 Å². The summed E-state index contributed by atoms with van der Waals surface area (Å²) in [5, 5.41) is 0. The molecule has 0 aromatic heterocycles. The van der Waals surface area contributed by atoms with Crippen molar-refractivity contribution in [3.63, 3.8) is 0 Å². The minimum atomic E-state index is -0.530. The number of hydrogen-bond acceptors (Lipinski definition) is 12. The zero-order valence-electron chi connectivity index (χ0n) is 22.9. The predicted molar refractivity (Wildman–Crippen MR) is 138 cm³/mol. The topological polar surface area (TPSA) is 114 Å². The fraction of sp³-hybridized carbons (Fsp3) is 0.846. The Bertz CT molecular complexity index is 646. The summed E-state index contributed by atoms with van der Waals surface area (Å²) >= 11 is 0. The lowest BCUT2D eigenvalue weighted by Gasteiger charge is -2.31. The molecule has 3 rings (SSSR count). The van der Waals surface area contributed by atoms with Gasteiger partial charge in [-0.15, -0.1) is 0 Å². The molecule has 3 heterocycles. The Morgan fingerprint density at radius 2 is 1.18 bits per heavy atom. The molecule has 0 aliphatic carbocycles. The van der Waals surface area contributed by atoms with E-state index in [1.165, 1.54) is 0 Å². The predicted octanol–water partition coefficient (Wildman–Crippen LogP) is 0.138. The quantitative estimate of drug-likeness (QED) is 0.333. The third-order valence-electron chi connectivity index (χ3n) is 5.97. The van der Waals surface area contributed by atoms with Crippen LogP contribution in [0.15, 0.2) is 12.2 Å². The van der Waals surface area contributed by atoms with Crippen molar-refractivity contribution in [2.75, 3.05) is 125 Å². The summed E-state index contributed by atoms with van der Waals surface area (Å²) in [6, 6.07) is -0.218. The van der Waals surface area contributed by atoms with Crippen molar-refractivity contribution >= 4 is 11.9 Å². The Morgan fingerprint density at radius 3 is 1.68 bits per heavy atom. The van der Waals surface area contributed by atoms with Crippen molar-refractivity contribution in [1.82, 2.24) is 9.80 Å². The number of carbonyl (C=O) groups is 2. The summed E-state index contributed by atoms with van der Waals surface area (Å²) in [6.07, 6.45) is -0.0380. The average Bonchev–Trinajstić information content (AvgIpc) is 2.90. The lowest BCUT2D eigenvalue weighted by atomic mass is 10.2. The standard InChI is InChI=1S/C26H46N2O10/c1-23(2)26(30)37-9-3-25(29)38-22-24-21-36-20-19-33-12-6-27-4-10-31-15-17-34-13-7-28(24)8-14-35-18-16-32-11-5-27/h24H,1,3-22H2,2H3. The largest absolute Gasteiger partial charge is 0.464 e. The van der Waals surface area contributed by atoms with Crippen LogP contribution in [0.4, 0.5) is 0 Å². The summed E-state index contributed by atoms with van der Waals surface area (Å²) in [5.41, 5.74) is 0.282. The van der Waals surface area contributed by atoms with Gasteiger partial charge in [-0.1, -0.05) is 6.58 Å². The molecule has 2 bridgehead atoms. The highest BCUT2D eigenvalue weighted by Gasteiger charge is 2.21. The van der Waals surface area contributed by atoms with Crippen molar-refractivity contribution in [3.05, 3.63) is 12.2 Å². The average molecular weight is 547 g/mol. The van der Waals surface area contributed by atoms with E-state index >= 15 is 0 Å². The molecule has 0 saturated carbocycles. The molecule has 12 heteroatoms. The fourth-order valence-electron chi connectivity index (χ4n) is 3.71. The van der Waals surface area contributed by atoms with E-state index in [0.29, 0.717) is 92.4 Å². The maximum Gasteiger partial charge on any atom is 0.333 e. The Morgan fingerprint density at radius 1 is 0.711 bits per heavy atom. The number of nitrogens with zero attached hydrogens (tertiary/aromatic N) is 2. The minimum Gasteiger partial charge on any atom is -0.464 e. The second-order valence-corrected chi connectivity index (χ2v) is 9.02. The first-order valence-electron chi connectivity index (χ1n) is 13.5. The number of hydrogen-bond donors (Lipinski definition) is 0. The van der Waals surface area contributed by atoms with Gasteiger partial charge in [0.05, 0.1) is 91.7 Å². The first-order chi connectivity index (χ1) is 18.6. The van der Waals surface area contributed by atoms with E-state index in [2.05, 4.69) is 16.4 Å². The molecule has 12 nitrogen and oxygen atoms in total. The Balaban J connectivity index is 1.98. The van der Waals surface area contributed by atoms with Crippen LogP contribution in [0.3, 0.4) is 0 Å². The van der Waals surface area contributed by atoms with Gasteiger partial charge in [0.2, 0.25) is 0 Å². The fourth-order valence-corrected chi connectivity index (χ4v) is 3.71. The highest BCUT2D eigenvalue weighted by Crippen LogP contribution is 2.05. The Kier molecular flexibility index (Phi) is 18.2. The molecule has 0 radical (unpaired) electrons. The van der Waals surface area contributed by atoms with Gasteiger partial charge >= 0.3 is 11.9 Å². The molecule has 3 fully saturated rings. The zero-order valence-corrected chi connectivity index (χ0v) is 22.9. The molecule has 3 aliphatic heterocycles. The highest BCUT2D eigenvalue weighted by molar-refractivity contribution is 5.87. The second kappa shape index (κ2) is 21.2. The van der Waals surface area contributed by atoms with Crippen molar-refractivity contribution < 1.29 is 47.5 Å². The smallest absolute Gasteiger partial charge is 0.333 e. The summed E-state index contributed by atoms with van der Waals surface area (Å²) in [4.78, 5) is 28.2. The molecule has 3 saturated heterocycles. The van der Waals surface area contributed by atoms with Gasteiger partial charge in [0.25, 0.3) is 0 Å². The first-order valence-corrected chi connectivity index (χ1v) is 13.5. The van der Waals surface area contributed by atoms with Crippen molar-refractivity contribution in [3.8, 4) is 0 Å². The van der Waals surface area contributed by atoms with Crippen LogP contribution in [0, 0.1) is 0 Å². The minimum absolute atomic E-state index is 0.0380. The summed E-state index contributed by atoms with van der Waals surface area (Å²) in [7, 11) is 0. The summed E-state index contributed by atoms with van der Waals surface area (Å²) in [6.45, 7) is 14.8. The molecule has 1 atom stereocenters. The van der Waals surface area contributed by atoms with E-state index in [4.69, 9.17) is 37.9 Å². The number of rotatable bonds is 6. The first kappa shape index (κ1) is 32.6. The number of esters is 2. The van der Waals surface area contributed by atoms with Crippen LogP contribution < -0.4 is 0 Å². The summed E-state index contributed by atoms with van der Waals surface area (Å²) < 4.78 is 45.3. The van der Waals surface area contributed by atoms with Crippen molar-refractivity contribution in [2.45, 2.75) is 19.4 Å². The van der Waals surface area contributed by atoms with Gasteiger partial charge in [0.15, 0.2) is 0 Å².